The summed E-state index contributed by atoms with van der Waals surface area (Å²) in [7, 11) is 2.95. The third kappa shape index (κ3) is 4.70. The Morgan fingerprint density at radius 1 is 1.35 bits per heavy atom. The van der Waals surface area contributed by atoms with Gasteiger partial charge in [-0.25, -0.2) is 15.3 Å². The highest BCUT2D eigenvalue weighted by atomic mass is 35.5. The molecule has 0 atom stereocenters. The molecule has 0 radical (unpaired) electrons. The van der Waals surface area contributed by atoms with E-state index in [2.05, 4.69) is 20.7 Å². The quantitative estimate of drug-likeness (QED) is 0.463. The van der Waals surface area contributed by atoms with E-state index in [4.69, 9.17) is 21.1 Å². The lowest BCUT2D eigenvalue weighted by Crippen LogP contribution is -2.28. The number of methoxy groups -OCH3 is 2. The second-order valence-electron chi connectivity index (χ2n) is 4.95. The topological polar surface area (TPSA) is 139 Å². The van der Waals surface area contributed by atoms with E-state index in [-0.39, 0.29) is 23.6 Å². The standard InChI is InChI=1S/C15H16ClN5O5/c1-25-10-5-3-8(12(16)13(10)26-2)7-17-20-11(22)6-4-9-14(23)18-15(24)21-19-9/h3,5,7H,4,6H2,1-2H3,(H,20,22)(H2,18,21,23,24)/b17-7+. The summed E-state index contributed by atoms with van der Waals surface area (Å²) in [6.07, 6.45) is 1.36. The van der Waals surface area contributed by atoms with Crippen molar-refractivity contribution in [3.8, 4) is 11.5 Å². The molecule has 0 aliphatic heterocycles. The largest absolute Gasteiger partial charge is 0.493 e. The van der Waals surface area contributed by atoms with Crippen molar-refractivity contribution in [2.24, 2.45) is 5.10 Å². The monoisotopic (exact) mass is 381 g/mol. The predicted octanol–water partition coefficient (Wildman–Crippen LogP) is 0.212. The van der Waals surface area contributed by atoms with Crippen LogP contribution in [-0.2, 0) is 11.2 Å². The van der Waals surface area contributed by atoms with E-state index in [0.29, 0.717) is 17.1 Å². The number of carbonyl (C=O) groups excluding carboxylic acids is 1. The number of hydrogen-bond donors (Lipinski definition) is 3. The summed E-state index contributed by atoms with van der Waals surface area (Å²) in [6, 6.07) is 3.31. The van der Waals surface area contributed by atoms with Crippen LogP contribution in [0.5, 0.6) is 11.5 Å². The van der Waals surface area contributed by atoms with E-state index >= 15 is 0 Å². The van der Waals surface area contributed by atoms with Gasteiger partial charge in [0, 0.05) is 18.4 Å². The Morgan fingerprint density at radius 3 is 2.77 bits per heavy atom. The summed E-state index contributed by atoms with van der Waals surface area (Å²) < 4.78 is 10.3. The number of aromatic nitrogens is 3. The lowest BCUT2D eigenvalue weighted by atomic mass is 10.2. The molecular formula is C15H16ClN5O5. The first-order valence-corrected chi connectivity index (χ1v) is 7.74. The van der Waals surface area contributed by atoms with Crippen LogP contribution in [0.2, 0.25) is 5.02 Å². The second-order valence-corrected chi connectivity index (χ2v) is 5.33. The van der Waals surface area contributed by atoms with E-state index in [1.165, 1.54) is 20.4 Å². The fourth-order valence-electron chi connectivity index (χ4n) is 2.01. The molecule has 1 aromatic heterocycles. The van der Waals surface area contributed by atoms with Gasteiger partial charge in [0.1, 0.15) is 5.69 Å². The smallest absolute Gasteiger partial charge is 0.342 e. The Balaban J connectivity index is 1.96. The Kier molecular flexibility index (Phi) is 6.50. The molecule has 1 aromatic carbocycles. The maximum atomic E-state index is 11.8. The van der Waals surface area contributed by atoms with E-state index in [1.54, 1.807) is 12.1 Å². The number of rotatable bonds is 7. The molecule has 0 saturated heterocycles. The minimum atomic E-state index is -0.709. The van der Waals surface area contributed by atoms with Gasteiger partial charge in [0.25, 0.3) is 5.56 Å². The van der Waals surface area contributed by atoms with Gasteiger partial charge >= 0.3 is 5.69 Å². The van der Waals surface area contributed by atoms with E-state index in [0.717, 1.165) is 0 Å². The average Bonchev–Trinajstić information content (AvgIpc) is 2.62. The summed E-state index contributed by atoms with van der Waals surface area (Å²) in [4.78, 5) is 36.1. The number of nitrogens with zero attached hydrogens (tertiary/aromatic N) is 2. The molecule has 0 unspecified atom stereocenters. The molecule has 0 spiro atoms. The van der Waals surface area contributed by atoms with Crippen LogP contribution < -0.4 is 26.1 Å². The van der Waals surface area contributed by atoms with Gasteiger partial charge < -0.3 is 9.47 Å². The third-order valence-corrected chi connectivity index (χ3v) is 3.67. The Labute approximate surface area is 152 Å². The molecule has 0 aliphatic rings. The van der Waals surface area contributed by atoms with E-state index in [9.17, 15) is 14.4 Å². The summed E-state index contributed by atoms with van der Waals surface area (Å²) in [5.41, 5.74) is 1.53. The van der Waals surface area contributed by atoms with Gasteiger partial charge in [0.05, 0.1) is 25.5 Å². The number of hydrogen-bond acceptors (Lipinski definition) is 7. The molecule has 0 fully saturated rings. The van der Waals surface area contributed by atoms with Crippen LogP contribution >= 0.6 is 11.6 Å². The maximum absolute atomic E-state index is 11.8. The number of nitrogens with one attached hydrogen (secondary N) is 3. The highest BCUT2D eigenvalue weighted by molar-refractivity contribution is 6.34. The van der Waals surface area contributed by atoms with Crippen molar-refractivity contribution in [2.75, 3.05) is 14.2 Å². The lowest BCUT2D eigenvalue weighted by molar-refractivity contribution is -0.121. The van der Waals surface area contributed by atoms with Crippen molar-refractivity contribution in [2.45, 2.75) is 12.8 Å². The van der Waals surface area contributed by atoms with Crippen LogP contribution in [0, 0.1) is 0 Å². The van der Waals surface area contributed by atoms with Crippen LogP contribution in [0.4, 0.5) is 0 Å². The predicted molar refractivity (Wildman–Crippen MR) is 94.1 cm³/mol. The minimum Gasteiger partial charge on any atom is -0.493 e. The first-order valence-electron chi connectivity index (χ1n) is 7.36. The maximum Gasteiger partial charge on any atom is 0.342 e. The highest BCUT2D eigenvalue weighted by Gasteiger charge is 2.12. The molecule has 2 rings (SSSR count). The summed E-state index contributed by atoms with van der Waals surface area (Å²) >= 11 is 6.20. The SMILES string of the molecule is COc1ccc(/C=N/NC(=O)CCc2n[nH]c(=O)[nH]c2=O)c(Cl)c1OC. The van der Waals surface area contributed by atoms with Gasteiger partial charge in [-0.15, -0.1) is 0 Å². The van der Waals surface area contributed by atoms with Gasteiger partial charge in [-0.2, -0.15) is 10.2 Å². The van der Waals surface area contributed by atoms with Gasteiger partial charge in [0.2, 0.25) is 5.91 Å². The van der Waals surface area contributed by atoms with Crippen LogP contribution in [-0.4, -0.2) is 41.5 Å². The second kappa shape index (κ2) is 8.81. The van der Waals surface area contributed by atoms with Crippen molar-refractivity contribution >= 4 is 23.7 Å². The van der Waals surface area contributed by atoms with Crippen molar-refractivity contribution < 1.29 is 14.3 Å². The summed E-state index contributed by atoms with van der Waals surface area (Å²) in [5, 5.41) is 9.78. The molecule has 1 heterocycles. The fraction of sp³-hybridized carbons (Fsp3) is 0.267. The molecule has 1 amide bonds. The number of aromatic amines is 2. The average molecular weight is 382 g/mol. The number of H-pyrrole nitrogens is 2. The number of hydrazone groups is 1. The van der Waals surface area contributed by atoms with Crippen molar-refractivity contribution in [3.63, 3.8) is 0 Å². The number of aryl methyl sites for hydroxylation is 1. The molecule has 26 heavy (non-hydrogen) atoms. The number of amides is 1. The van der Waals surface area contributed by atoms with E-state index in [1.807, 2.05) is 4.98 Å². The molecule has 0 bridgehead atoms. The number of carbonyl (C=O) groups is 1. The first-order chi connectivity index (χ1) is 12.5. The Morgan fingerprint density at radius 2 is 2.12 bits per heavy atom. The van der Waals surface area contributed by atoms with Gasteiger partial charge in [-0.05, 0) is 12.1 Å². The van der Waals surface area contributed by atoms with Crippen molar-refractivity contribution in [3.05, 3.63) is 49.3 Å². The third-order valence-electron chi connectivity index (χ3n) is 3.28. The fourth-order valence-corrected chi connectivity index (χ4v) is 2.29. The lowest BCUT2D eigenvalue weighted by Gasteiger charge is -2.10. The van der Waals surface area contributed by atoms with Gasteiger partial charge in [-0.3, -0.25) is 14.6 Å². The first kappa shape index (κ1) is 19.2. The van der Waals surface area contributed by atoms with Crippen LogP contribution in [0.1, 0.15) is 17.7 Å². The molecule has 3 N–H and O–H groups in total. The van der Waals surface area contributed by atoms with Crippen LogP contribution in [0.15, 0.2) is 26.8 Å². The molecule has 11 heteroatoms. The normalized spacial score (nSPS) is 10.7. The molecule has 10 nitrogen and oxygen atoms in total. The minimum absolute atomic E-state index is 0.0425. The summed E-state index contributed by atoms with van der Waals surface area (Å²) in [5.74, 6) is 0.385. The number of ether oxygens (including phenoxy) is 2. The Hall–Kier alpha value is -3.14. The molecule has 138 valence electrons. The molecule has 0 saturated carbocycles. The van der Waals surface area contributed by atoms with Crippen molar-refractivity contribution in [1.29, 1.82) is 0 Å². The molecule has 0 aliphatic carbocycles. The van der Waals surface area contributed by atoms with Crippen LogP contribution in [0.25, 0.3) is 0 Å². The number of halogens is 1. The van der Waals surface area contributed by atoms with Gasteiger partial charge in [-0.1, -0.05) is 11.6 Å². The van der Waals surface area contributed by atoms with Crippen molar-refractivity contribution in [1.82, 2.24) is 20.6 Å². The Bertz CT molecular complexity index is 937. The molecular weight excluding hydrogens is 366 g/mol. The zero-order valence-electron chi connectivity index (χ0n) is 14.0. The highest BCUT2D eigenvalue weighted by Crippen LogP contribution is 2.36. The van der Waals surface area contributed by atoms with E-state index < -0.39 is 17.2 Å². The number of benzene rings is 1. The van der Waals surface area contributed by atoms with Crippen LogP contribution in [0.3, 0.4) is 0 Å². The zero-order chi connectivity index (χ0) is 19.1. The summed E-state index contributed by atoms with van der Waals surface area (Å²) in [6.45, 7) is 0. The molecule has 2 aromatic rings. The zero-order valence-corrected chi connectivity index (χ0v) is 14.7. The van der Waals surface area contributed by atoms with Gasteiger partial charge in [0.15, 0.2) is 11.5 Å².